The summed E-state index contributed by atoms with van der Waals surface area (Å²) in [4.78, 5) is 18.0. The number of aromatic nitrogens is 1. The zero-order valence-electron chi connectivity index (χ0n) is 12.6. The van der Waals surface area contributed by atoms with Crippen molar-refractivity contribution in [2.75, 3.05) is 18.9 Å². The highest BCUT2D eigenvalue weighted by Gasteiger charge is 2.24. The van der Waals surface area contributed by atoms with Crippen LogP contribution in [-0.4, -0.2) is 46.6 Å². The number of nitrogens with one attached hydrogen (secondary N) is 1. The number of pyridine rings is 1. The van der Waals surface area contributed by atoms with Crippen molar-refractivity contribution in [3.8, 4) is 0 Å². The molecule has 2 heterocycles. The van der Waals surface area contributed by atoms with Crippen LogP contribution < -0.4 is 5.32 Å². The Hall–Kier alpha value is -1.62. The molecule has 0 bridgehead atoms. The van der Waals surface area contributed by atoms with E-state index in [2.05, 4.69) is 29.2 Å². The Bertz CT molecular complexity index is 516. The zero-order valence-corrected chi connectivity index (χ0v) is 12.6. The molecule has 1 fully saturated rings. The largest absolute Gasteiger partial charge is 0.478 e. The van der Waals surface area contributed by atoms with Gasteiger partial charge in [0.05, 0.1) is 11.4 Å². The van der Waals surface area contributed by atoms with Crippen LogP contribution in [0.5, 0.6) is 0 Å². The van der Waals surface area contributed by atoms with Crippen LogP contribution in [0.4, 0.5) is 5.69 Å². The average molecular weight is 277 g/mol. The van der Waals surface area contributed by atoms with Gasteiger partial charge in [0, 0.05) is 24.3 Å². The van der Waals surface area contributed by atoms with Crippen LogP contribution in [-0.2, 0) is 0 Å². The fraction of sp³-hybridized carbons (Fsp3) is 0.600. The Balaban J connectivity index is 2.23. The summed E-state index contributed by atoms with van der Waals surface area (Å²) in [5, 5.41) is 12.8. The van der Waals surface area contributed by atoms with Crippen LogP contribution >= 0.6 is 0 Å². The Morgan fingerprint density at radius 2 is 2.20 bits per heavy atom. The molecule has 20 heavy (non-hydrogen) atoms. The molecule has 1 saturated heterocycles. The van der Waals surface area contributed by atoms with Gasteiger partial charge < -0.3 is 15.3 Å². The maximum atomic E-state index is 11.4. The number of carboxylic acid groups (broad SMARTS) is 1. The monoisotopic (exact) mass is 277 g/mol. The van der Waals surface area contributed by atoms with Gasteiger partial charge in [-0.15, -0.1) is 0 Å². The number of hydrogen-bond donors (Lipinski definition) is 2. The first-order valence-electron chi connectivity index (χ1n) is 7.06. The second kappa shape index (κ2) is 5.79. The maximum Gasteiger partial charge on any atom is 0.339 e. The van der Waals surface area contributed by atoms with E-state index in [1.54, 1.807) is 6.92 Å². The summed E-state index contributed by atoms with van der Waals surface area (Å²) in [6.07, 6.45) is 2.05. The van der Waals surface area contributed by atoms with Gasteiger partial charge in [-0.2, -0.15) is 0 Å². The Labute approximate surface area is 120 Å². The van der Waals surface area contributed by atoms with Crippen molar-refractivity contribution in [2.45, 2.75) is 45.7 Å². The molecule has 1 aromatic heterocycles. The molecule has 2 N–H and O–H groups in total. The molecule has 1 aliphatic heterocycles. The summed E-state index contributed by atoms with van der Waals surface area (Å²) in [5.74, 6) is -0.918. The molecular formula is C15H23N3O2. The van der Waals surface area contributed by atoms with E-state index in [1.165, 1.54) is 0 Å². The third-order valence-electron chi connectivity index (χ3n) is 4.11. The Kier molecular flexibility index (Phi) is 4.28. The molecule has 2 atom stereocenters. The minimum atomic E-state index is -0.918. The minimum absolute atomic E-state index is 0.294. The molecule has 2 rings (SSSR count). The summed E-state index contributed by atoms with van der Waals surface area (Å²) in [6, 6.07) is 2.67. The summed E-state index contributed by atoms with van der Waals surface area (Å²) in [7, 11) is 2.13. The lowest BCUT2D eigenvalue weighted by Gasteiger charge is -2.36. The van der Waals surface area contributed by atoms with Crippen molar-refractivity contribution in [3.05, 3.63) is 23.0 Å². The highest BCUT2D eigenvalue weighted by Crippen LogP contribution is 2.24. The first-order chi connectivity index (χ1) is 9.38. The van der Waals surface area contributed by atoms with Crippen molar-refractivity contribution in [1.29, 1.82) is 0 Å². The third kappa shape index (κ3) is 3.10. The molecular weight excluding hydrogens is 254 g/mol. The molecule has 5 nitrogen and oxygen atoms in total. The molecule has 0 saturated carbocycles. The number of piperidine rings is 1. The molecule has 0 radical (unpaired) electrons. The zero-order chi connectivity index (χ0) is 14.9. The summed E-state index contributed by atoms with van der Waals surface area (Å²) >= 11 is 0. The lowest BCUT2D eigenvalue weighted by Crippen LogP contribution is -2.42. The van der Waals surface area contributed by atoms with Gasteiger partial charge in [-0.05, 0) is 46.7 Å². The molecule has 110 valence electrons. The maximum absolute atomic E-state index is 11.4. The van der Waals surface area contributed by atoms with Crippen LogP contribution in [0.1, 0.15) is 41.5 Å². The average Bonchev–Trinajstić information content (AvgIpc) is 2.32. The van der Waals surface area contributed by atoms with Gasteiger partial charge in [-0.3, -0.25) is 4.98 Å². The molecule has 0 aromatic carbocycles. The second-order valence-electron chi connectivity index (χ2n) is 5.77. The van der Waals surface area contributed by atoms with Crippen molar-refractivity contribution in [3.63, 3.8) is 0 Å². The molecule has 1 aliphatic rings. The molecule has 2 unspecified atom stereocenters. The SMILES string of the molecule is Cc1cc(NC2CCN(C)C(C)C2)c(C(=O)O)c(C)n1. The van der Waals surface area contributed by atoms with E-state index in [-0.39, 0.29) is 0 Å². The fourth-order valence-corrected chi connectivity index (χ4v) is 2.85. The van der Waals surface area contributed by atoms with Gasteiger partial charge >= 0.3 is 5.97 Å². The number of nitrogens with zero attached hydrogens (tertiary/aromatic N) is 2. The fourth-order valence-electron chi connectivity index (χ4n) is 2.85. The minimum Gasteiger partial charge on any atom is -0.478 e. The second-order valence-corrected chi connectivity index (χ2v) is 5.77. The van der Waals surface area contributed by atoms with E-state index < -0.39 is 5.97 Å². The molecule has 0 amide bonds. The molecule has 0 aliphatic carbocycles. The number of rotatable bonds is 3. The Morgan fingerprint density at radius 3 is 2.80 bits per heavy atom. The van der Waals surface area contributed by atoms with Crippen LogP contribution in [0.3, 0.4) is 0 Å². The van der Waals surface area contributed by atoms with Gasteiger partial charge in [0.2, 0.25) is 0 Å². The van der Waals surface area contributed by atoms with Crippen LogP contribution in [0.25, 0.3) is 0 Å². The molecule has 0 spiro atoms. The third-order valence-corrected chi connectivity index (χ3v) is 4.11. The number of anilines is 1. The predicted molar refractivity (Wildman–Crippen MR) is 79.4 cm³/mol. The van der Waals surface area contributed by atoms with Crippen LogP contribution in [0.15, 0.2) is 6.07 Å². The van der Waals surface area contributed by atoms with E-state index in [1.807, 2.05) is 13.0 Å². The lowest BCUT2D eigenvalue weighted by atomic mass is 9.98. The number of aromatic carboxylic acids is 1. The van der Waals surface area contributed by atoms with Crippen molar-refractivity contribution in [2.24, 2.45) is 0 Å². The topological polar surface area (TPSA) is 65.5 Å². The standard InChI is InChI=1S/C15H23N3O2/c1-9-7-13(14(15(19)20)11(3)16-9)17-12-5-6-18(4)10(2)8-12/h7,10,12H,5-6,8H2,1-4H3,(H,16,17)(H,19,20). The first kappa shape index (κ1) is 14.8. The summed E-state index contributed by atoms with van der Waals surface area (Å²) in [5.41, 5.74) is 2.41. The lowest BCUT2D eigenvalue weighted by molar-refractivity contribution is 0.0696. The highest BCUT2D eigenvalue weighted by molar-refractivity contribution is 5.95. The molecule has 5 heteroatoms. The van der Waals surface area contributed by atoms with E-state index in [0.29, 0.717) is 29.0 Å². The van der Waals surface area contributed by atoms with Crippen molar-refractivity contribution < 1.29 is 9.90 Å². The van der Waals surface area contributed by atoms with Gasteiger partial charge in [0.1, 0.15) is 5.56 Å². The van der Waals surface area contributed by atoms with E-state index in [4.69, 9.17) is 0 Å². The van der Waals surface area contributed by atoms with Gasteiger partial charge in [0.15, 0.2) is 0 Å². The van der Waals surface area contributed by atoms with Crippen LogP contribution in [0.2, 0.25) is 0 Å². The normalized spacial score (nSPS) is 23.6. The number of carboxylic acids is 1. The first-order valence-corrected chi connectivity index (χ1v) is 7.06. The number of aryl methyl sites for hydroxylation is 2. The van der Waals surface area contributed by atoms with Crippen molar-refractivity contribution in [1.82, 2.24) is 9.88 Å². The van der Waals surface area contributed by atoms with E-state index in [0.717, 1.165) is 25.1 Å². The summed E-state index contributed by atoms with van der Waals surface area (Å²) < 4.78 is 0. The smallest absolute Gasteiger partial charge is 0.339 e. The van der Waals surface area contributed by atoms with Crippen LogP contribution in [0, 0.1) is 13.8 Å². The van der Waals surface area contributed by atoms with Gasteiger partial charge in [-0.1, -0.05) is 0 Å². The number of likely N-dealkylation sites (tertiary alicyclic amines) is 1. The number of hydrogen-bond acceptors (Lipinski definition) is 4. The quantitative estimate of drug-likeness (QED) is 0.887. The van der Waals surface area contributed by atoms with E-state index >= 15 is 0 Å². The number of carbonyl (C=O) groups is 1. The predicted octanol–water partition coefficient (Wildman–Crippen LogP) is 2.29. The summed E-state index contributed by atoms with van der Waals surface area (Å²) in [6.45, 7) is 6.87. The Morgan fingerprint density at radius 1 is 1.50 bits per heavy atom. The van der Waals surface area contributed by atoms with E-state index in [9.17, 15) is 9.90 Å². The molecule has 1 aromatic rings. The highest BCUT2D eigenvalue weighted by atomic mass is 16.4. The van der Waals surface area contributed by atoms with Gasteiger partial charge in [-0.25, -0.2) is 4.79 Å². The van der Waals surface area contributed by atoms with Gasteiger partial charge in [0.25, 0.3) is 0 Å². The van der Waals surface area contributed by atoms with Crippen molar-refractivity contribution >= 4 is 11.7 Å².